The van der Waals surface area contributed by atoms with Crippen molar-refractivity contribution in [3.63, 3.8) is 0 Å². The molecule has 1 saturated heterocycles. The lowest BCUT2D eigenvalue weighted by Crippen LogP contribution is -2.55. The van der Waals surface area contributed by atoms with Crippen LogP contribution in [0.15, 0.2) is 0 Å². The van der Waals surface area contributed by atoms with Gasteiger partial charge in [-0.25, -0.2) is 0 Å². The summed E-state index contributed by atoms with van der Waals surface area (Å²) in [5.74, 6) is 2.49. The predicted molar refractivity (Wildman–Crippen MR) is 50.0 cm³/mol. The van der Waals surface area contributed by atoms with Crippen molar-refractivity contribution in [3.8, 4) is 12.3 Å². The fourth-order valence-corrected chi connectivity index (χ4v) is 1.24. The van der Waals surface area contributed by atoms with Gasteiger partial charge in [-0.05, 0) is 13.3 Å². The van der Waals surface area contributed by atoms with Gasteiger partial charge in [-0.2, -0.15) is 0 Å². The largest absolute Gasteiger partial charge is 0.379 e. The zero-order valence-corrected chi connectivity index (χ0v) is 8.09. The van der Waals surface area contributed by atoms with Gasteiger partial charge in [0.05, 0.1) is 24.7 Å². The van der Waals surface area contributed by atoms with Gasteiger partial charge in [0.25, 0.3) is 0 Å². The maximum absolute atomic E-state index is 11.7. The van der Waals surface area contributed by atoms with E-state index in [9.17, 15) is 4.79 Å². The third-order valence-corrected chi connectivity index (χ3v) is 2.51. The van der Waals surface area contributed by atoms with Gasteiger partial charge in [-0.1, -0.05) is 12.8 Å². The van der Waals surface area contributed by atoms with Gasteiger partial charge < -0.3 is 10.1 Å². The van der Waals surface area contributed by atoms with E-state index >= 15 is 0 Å². The number of rotatable bonds is 3. The van der Waals surface area contributed by atoms with Crippen molar-refractivity contribution in [2.75, 3.05) is 13.2 Å². The van der Waals surface area contributed by atoms with E-state index in [4.69, 9.17) is 11.2 Å². The molecule has 3 heteroatoms. The molecule has 13 heavy (non-hydrogen) atoms. The van der Waals surface area contributed by atoms with Gasteiger partial charge in [-0.15, -0.1) is 6.42 Å². The number of amides is 1. The van der Waals surface area contributed by atoms with Crippen molar-refractivity contribution in [3.05, 3.63) is 0 Å². The minimum atomic E-state index is -0.314. The highest BCUT2D eigenvalue weighted by molar-refractivity contribution is 5.84. The molecule has 1 N–H and O–H groups in total. The Bertz CT molecular complexity index is 232. The third-order valence-electron chi connectivity index (χ3n) is 2.51. The number of hydrogen-bond donors (Lipinski definition) is 1. The predicted octanol–water partition coefficient (Wildman–Crippen LogP) is 0.551. The van der Waals surface area contributed by atoms with E-state index in [1.54, 1.807) is 6.92 Å². The van der Waals surface area contributed by atoms with Crippen LogP contribution >= 0.6 is 0 Å². The lowest BCUT2D eigenvalue weighted by molar-refractivity contribution is -0.162. The topological polar surface area (TPSA) is 38.3 Å². The SMILES string of the molecule is C#CC(C)NC(=O)C1(CC)COC1. The molecule has 0 aromatic carbocycles. The quantitative estimate of drug-likeness (QED) is 0.646. The molecule has 0 aromatic rings. The van der Waals surface area contributed by atoms with Gasteiger partial charge in [0.15, 0.2) is 0 Å². The molecule has 0 saturated carbocycles. The first-order valence-corrected chi connectivity index (χ1v) is 4.49. The Hall–Kier alpha value is -1.01. The summed E-state index contributed by atoms with van der Waals surface area (Å²) < 4.78 is 5.05. The van der Waals surface area contributed by atoms with E-state index in [1.165, 1.54) is 0 Å². The zero-order valence-electron chi connectivity index (χ0n) is 8.09. The molecule has 1 heterocycles. The molecule has 1 amide bonds. The lowest BCUT2D eigenvalue weighted by atomic mass is 9.82. The highest BCUT2D eigenvalue weighted by atomic mass is 16.5. The summed E-state index contributed by atoms with van der Waals surface area (Å²) in [6.07, 6.45) is 5.97. The molecule has 1 aliphatic rings. The van der Waals surface area contributed by atoms with Crippen molar-refractivity contribution < 1.29 is 9.53 Å². The number of hydrogen-bond acceptors (Lipinski definition) is 2. The average Bonchev–Trinajstić information content (AvgIpc) is 2.03. The number of carbonyl (C=O) groups is 1. The normalized spacial score (nSPS) is 21.0. The Morgan fingerprint density at radius 1 is 1.77 bits per heavy atom. The lowest BCUT2D eigenvalue weighted by Gasteiger charge is -2.39. The first-order chi connectivity index (χ1) is 6.14. The van der Waals surface area contributed by atoms with Crippen LogP contribution in [0.4, 0.5) is 0 Å². The maximum Gasteiger partial charge on any atom is 0.231 e. The van der Waals surface area contributed by atoms with E-state index in [2.05, 4.69) is 11.2 Å². The Labute approximate surface area is 78.8 Å². The fraction of sp³-hybridized carbons (Fsp3) is 0.700. The Balaban J connectivity index is 2.52. The van der Waals surface area contributed by atoms with Crippen molar-refractivity contribution >= 4 is 5.91 Å². The van der Waals surface area contributed by atoms with E-state index < -0.39 is 0 Å². The second-order valence-electron chi connectivity index (χ2n) is 3.49. The molecule has 0 bridgehead atoms. The second-order valence-corrected chi connectivity index (χ2v) is 3.49. The number of ether oxygens (including phenoxy) is 1. The molecular weight excluding hydrogens is 166 g/mol. The summed E-state index contributed by atoms with van der Waals surface area (Å²) in [6.45, 7) is 4.82. The molecule has 3 nitrogen and oxygen atoms in total. The smallest absolute Gasteiger partial charge is 0.231 e. The summed E-state index contributed by atoms with van der Waals surface area (Å²) in [5, 5.41) is 2.77. The molecule has 0 aromatic heterocycles. The van der Waals surface area contributed by atoms with Crippen molar-refractivity contribution in [1.82, 2.24) is 5.32 Å². The molecule has 1 unspecified atom stereocenters. The van der Waals surface area contributed by atoms with E-state index in [0.717, 1.165) is 6.42 Å². The molecule has 1 fully saturated rings. The van der Waals surface area contributed by atoms with Gasteiger partial charge in [0, 0.05) is 0 Å². The number of carbonyl (C=O) groups excluding carboxylic acids is 1. The zero-order chi connectivity index (χ0) is 9.90. The Kier molecular flexibility index (Phi) is 2.94. The van der Waals surface area contributed by atoms with Crippen LogP contribution < -0.4 is 5.32 Å². The summed E-state index contributed by atoms with van der Waals surface area (Å²) in [6, 6.07) is -0.198. The summed E-state index contributed by atoms with van der Waals surface area (Å²) in [7, 11) is 0. The minimum Gasteiger partial charge on any atom is -0.379 e. The van der Waals surface area contributed by atoms with Crippen LogP contribution in [-0.4, -0.2) is 25.2 Å². The highest BCUT2D eigenvalue weighted by Crippen LogP contribution is 2.31. The monoisotopic (exact) mass is 181 g/mol. The van der Waals surface area contributed by atoms with Crippen LogP contribution in [0.3, 0.4) is 0 Å². The molecule has 1 aliphatic heterocycles. The minimum absolute atomic E-state index is 0.0201. The van der Waals surface area contributed by atoms with Gasteiger partial charge in [-0.3, -0.25) is 4.79 Å². The van der Waals surface area contributed by atoms with Crippen LogP contribution in [0.1, 0.15) is 20.3 Å². The molecule has 0 radical (unpaired) electrons. The van der Waals surface area contributed by atoms with E-state index in [0.29, 0.717) is 13.2 Å². The Morgan fingerprint density at radius 3 is 2.69 bits per heavy atom. The molecule has 1 rings (SSSR count). The Morgan fingerprint density at radius 2 is 2.38 bits per heavy atom. The molecule has 1 atom stereocenters. The number of nitrogens with one attached hydrogen (secondary N) is 1. The summed E-state index contributed by atoms with van der Waals surface area (Å²) in [4.78, 5) is 11.7. The van der Waals surface area contributed by atoms with Gasteiger partial charge in [0.2, 0.25) is 5.91 Å². The van der Waals surface area contributed by atoms with Crippen LogP contribution in [0.25, 0.3) is 0 Å². The van der Waals surface area contributed by atoms with Crippen LogP contribution in [0.2, 0.25) is 0 Å². The second kappa shape index (κ2) is 3.80. The summed E-state index contributed by atoms with van der Waals surface area (Å²) >= 11 is 0. The summed E-state index contributed by atoms with van der Waals surface area (Å²) in [5.41, 5.74) is -0.314. The number of terminal acetylenes is 1. The van der Waals surface area contributed by atoms with Crippen molar-refractivity contribution in [2.45, 2.75) is 26.3 Å². The van der Waals surface area contributed by atoms with Crippen molar-refractivity contribution in [1.29, 1.82) is 0 Å². The van der Waals surface area contributed by atoms with Crippen LogP contribution in [-0.2, 0) is 9.53 Å². The van der Waals surface area contributed by atoms with E-state index in [-0.39, 0.29) is 17.4 Å². The first-order valence-electron chi connectivity index (χ1n) is 4.49. The van der Waals surface area contributed by atoms with Crippen LogP contribution in [0.5, 0.6) is 0 Å². The molecule has 0 spiro atoms. The molecule has 0 aliphatic carbocycles. The van der Waals surface area contributed by atoms with Crippen molar-refractivity contribution in [2.24, 2.45) is 5.41 Å². The van der Waals surface area contributed by atoms with Crippen LogP contribution in [0, 0.1) is 17.8 Å². The fourth-order valence-electron chi connectivity index (χ4n) is 1.24. The average molecular weight is 181 g/mol. The first kappa shape index (κ1) is 10.1. The molecule has 72 valence electrons. The highest BCUT2D eigenvalue weighted by Gasteiger charge is 2.44. The third kappa shape index (κ3) is 1.84. The molecular formula is C10H15NO2. The van der Waals surface area contributed by atoms with Gasteiger partial charge in [0.1, 0.15) is 0 Å². The van der Waals surface area contributed by atoms with E-state index in [1.807, 2.05) is 6.92 Å². The standard InChI is InChI=1S/C10H15NO2/c1-4-8(3)11-9(12)10(5-2)6-13-7-10/h1,8H,5-7H2,2-3H3,(H,11,12). The maximum atomic E-state index is 11.7. The van der Waals surface area contributed by atoms with Gasteiger partial charge >= 0.3 is 0 Å².